The van der Waals surface area contributed by atoms with Crippen LogP contribution in [-0.4, -0.2) is 12.8 Å². The number of ether oxygens (including phenoxy) is 1. The summed E-state index contributed by atoms with van der Waals surface area (Å²) in [5.41, 5.74) is 1.16. The van der Waals surface area contributed by atoms with Crippen LogP contribution in [0.4, 0.5) is 13.2 Å². The molecule has 1 aromatic carbocycles. The molecule has 4 heteroatoms. The van der Waals surface area contributed by atoms with Crippen LogP contribution in [0.2, 0.25) is 0 Å². The lowest BCUT2D eigenvalue weighted by Crippen LogP contribution is -2.13. The molecule has 0 heterocycles. The van der Waals surface area contributed by atoms with Crippen LogP contribution in [0.5, 0.6) is 5.75 Å². The van der Waals surface area contributed by atoms with Crippen LogP contribution in [0.1, 0.15) is 32.8 Å². The van der Waals surface area contributed by atoms with E-state index in [0.29, 0.717) is 5.75 Å². The van der Waals surface area contributed by atoms with Crippen molar-refractivity contribution in [2.45, 2.75) is 38.8 Å². The largest absolute Gasteiger partial charge is 0.493 e. The van der Waals surface area contributed by atoms with Gasteiger partial charge in [0.1, 0.15) is 5.75 Å². The molecule has 1 aromatic rings. The average Bonchev–Trinajstić information content (AvgIpc) is 2.15. The Morgan fingerprint density at radius 2 is 1.53 bits per heavy atom. The first kappa shape index (κ1) is 13.9. The van der Waals surface area contributed by atoms with Crippen LogP contribution in [0, 0.1) is 0 Å². The van der Waals surface area contributed by atoms with Crippen molar-refractivity contribution in [1.29, 1.82) is 0 Å². The molecule has 0 aromatic heterocycles. The zero-order chi connectivity index (χ0) is 13.1. The highest BCUT2D eigenvalue weighted by molar-refractivity contribution is 5.31. The second-order valence-electron chi connectivity index (χ2n) is 4.99. The molecule has 0 saturated carbocycles. The van der Waals surface area contributed by atoms with Gasteiger partial charge in [0.05, 0.1) is 13.0 Å². The predicted octanol–water partition coefficient (Wildman–Crippen LogP) is 4.32. The SMILES string of the molecule is CC(C)(C)c1ccc(OCCC(F)(F)F)cc1. The number of halogens is 3. The van der Waals surface area contributed by atoms with Crippen molar-refractivity contribution in [3.05, 3.63) is 29.8 Å². The zero-order valence-electron chi connectivity index (χ0n) is 10.3. The molecule has 0 N–H and O–H groups in total. The van der Waals surface area contributed by atoms with Crippen molar-refractivity contribution in [2.75, 3.05) is 6.61 Å². The van der Waals surface area contributed by atoms with E-state index >= 15 is 0 Å². The van der Waals surface area contributed by atoms with Crippen molar-refractivity contribution in [3.63, 3.8) is 0 Å². The summed E-state index contributed by atoms with van der Waals surface area (Å²) >= 11 is 0. The molecule has 1 rings (SSSR count). The van der Waals surface area contributed by atoms with Crippen molar-refractivity contribution in [1.82, 2.24) is 0 Å². The van der Waals surface area contributed by atoms with E-state index in [1.807, 2.05) is 12.1 Å². The first-order chi connectivity index (χ1) is 7.68. The van der Waals surface area contributed by atoms with Gasteiger partial charge in [-0.25, -0.2) is 0 Å². The van der Waals surface area contributed by atoms with Crippen LogP contribution in [-0.2, 0) is 5.41 Å². The van der Waals surface area contributed by atoms with E-state index < -0.39 is 12.6 Å². The van der Waals surface area contributed by atoms with Crippen molar-refractivity contribution in [3.8, 4) is 5.75 Å². The molecule has 0 atom stereocenters. The molecule has 0 aliphatic rings. The van der Waals surface area contributed by atoms with Crippen LogP contribution >= 0.6 is 0 Å². The van der Waals surface area contributed by atoms with Gasteiger partial charge in [0.15, 0.2) is 0 Å². The Balaban J connectivity index is 2.52. The summed E-state index contributed by atoms with van der Waals surface area (Å²) in [6.07, 6.45) is -5.08. The highest BCUT2D eigenvalue weighted by atomic mass is 19.4. The lowest BCUT2D eigenvalue weighted by atomic mass is 9.87. The summed E-state index contributed by atoms with van der Waals surface area (Å²) in [5, 5.41) is 0. The van der Waals surface area contributed by atoms with Gasteiger partial charge in [-0.2, -0.15) is 13.2 Å². The quantitative estimate of drug-likeness (QED) is 0.772. The van der Waals surface area contributed by atoms with Gasteiger partial charge in [0, 0.05) is 0 Å². The molecule has 0 saturated heterocycles. The third-order valence-electron chi connectivity index (χ3n) is 2.37. The number of hydrogen-bond acceptors (Lipinski definition) is 1. The maximum Gasteiger partial charge on any atom is 0.392 e. The monoisotopic (exact) mass is 246 g/mol. The van der Waals surface area contributed by atoms with E-state index in [4.69, 9.17) is 4.74 Å². The summed E-state index contributed by atoms with van der Waals surface area (Å²) in [7, 11) is 0. The number of rotatable bonds is 3. The summed E-state index contributed by atoms with van der Waals surface area (Å²) in [5.74, 6) is 0.474. The molecule has 17 heavy (non-hydrogen) atoms. The molecule has 0 unspecified atom stereocenters. The smallest absolute Gasteiger partial charge is 0.392 e. The molecule has 0 aliphatic heterocycles. The highest BCUT2D eigenvalue weighted by Gasteiger charge is 2.26. The first-order valence-electron chi connectivity index (χ1n) is 5.48. The van der Waals surface area contributed by atoms with E-state index in [1.165, 1.54) is 0 Å². The van der Waals surface area contributed by atoms with Crippen molar-refractivity contribution < 1.29 is 17.9 Å². The predicted molar refractivity (Wildman–Crippen MR) is 61.3 cm³/mol. The minimum absolute atomic E-state index is 0.0322. The van der Waals surface area contributed by atoms with E-state index in [-0.39, 0.29) is 12.0 Å². The maximum atomic E-state index is 11.9. The molecule has 96 valence electrons. The topological polar surface area (TPSA) is 9.23 Å². The van der Waals surface area contributed by atoms with Crippen LogP contribution in [0.3, 0.4) is 0 Å². The van der Waals surface area contributed by atoms with Gasteiger partial charge >= 0.3 is 6.18 Å². The maximum absolute atomic E-state index is 11.9. The average molecular weight is 246 g/mol. The second kappa shape index (κ2) is 4.98. The lowest BCUT2D eigenvalue weighted by Gasteiger charge is -2.19. The fraction of sp³-hybridized carbons (Fsp3) is 0.538. The Labute approximate surface area is 99.6 Å². The van der Waals surface area contributed by atoms with Crippen LogP contribution < -0.4 is 4.74 Å². The fourth-order valence-corrected chi connectivity index (χ4v) is 1.34. The molecule has 0 amide bonds. The zero-order valence-corrected chi connectivity index (χ0v) is 10.3. The Kier molecular flexibility index (Phi) is 4.07. The Bertz CT molecular complexity index is 346. The van der Waals surface area contributed by atoms with Crippen molar-refractivity contribution >= 4 is 0 Å². The van der Waals surface area contributed by atoms with Gasteiger partial charge in [-0.15, -0.1) is 0 Å². The number of alkyl halides is 3. The summed E-state index contributed by atoms with van der Waals surface area (Å²) in [6, 6.07) is 7.17. The molecule has 0 bridgehead atoms. The van der Waals surface area contributed by atoms with Crippen LogP contribution in [0.25, 0.3) is 0 Å². The minimum Gasteiger partial charge on any atom is -0.493 e. The minimum atomic E-state index is -4.16. The molecule has 0 spiro atoms. The van der Waals surface area contributed by atoms with E-state index in [2.05, 4.69) is 20.8 Å². The van der Waals surface area contributed by atoms with E-state index in [0.717, 1.165) is 5.56 Å². The van der Waals surface area contributed by atoms with Gasteiger partial charge in [0.25, 0.3) is 0 Å². The van der Waals surface area contributed by atoms with Crippen LogP contribution in [0.15, 0.2) is 24.3 Å². The van der Waals surface area contributed by atoms with Gasteiger partial charge in [0.2, 0.25) is 0 Å². The lowest BCUT2D eigenvalue weighted by molar-refractivity contribution is -0.139. The fourth-order valence-electron chi connectivity index (χ4n) is 1.34. The number of benzene rings is 1. The normalized spacial score (nSPS) is 12.6. The van der Waals surface area contributed by atoms with E-state index in [1.54, 1.807) is 12.1 Å². The summed E-state index contributed by atoms with van der Waals surface area (Å²) in [6.45, 7) is 5.89. The Morgan fingerprint density at radius 3 is 1.94 bits per heavy atom. The van der Waals surface area contributed by atoms with E-state index in [9.17, 15) is 13.2 Å². The molecule has 0 radical (unpaired) electrons. The highest BCUT2D eigenvalue weighted by Crippen LogP contribution is 2.25. The second-order valence-corrected chi connectivity index (χ2v) is 4.99. The van der Waals surface area contributed by atoms with Gasteiger partial charge in [-0.1, -0.05) is 32.9 Å². The molecular weight excluding hydrogens is 229 g/mol. The summed E-state index contributed by atoms with van der Waals surface area (Å²) < 4.78 is 40.7. The number of hydrogen-bond donors (Lipinski definition) is 0. The molecule has 0 aliphatic carbocycles. The third-order valence-corrected chi connectivity index (χ3v) is 2.37. The Hall–Kier alpha value is -1.19. The van der Waals surface area contributed by atoms with Gasteiger partial charge < -0.3 is 4.74 Å². The van der Waals surface area contributed by atoms with Gasteiger partial charge in [-0.3, -0.25) is 0 Å². The molecule has 0 fully saturated rings. The van der Waals surface area contributed by atoms with Gasteiger partial charge in [-0.05, 0) is 23.1 Å². The first-order valence-corrected chi connectivity index (χ1v) is 5.48. The molecular formula is C13H17F3O. The standard InChI is InChI=1S/C13H17F3O/c1-12(2,3)10-4-6-11(7-5-10)17-9-8-13(14,15)16/h4-7H,8-9H2,1-3H3. The Morgan fingerprint density at radius 1 is 1.00 bits per heavy atom. The molecule has 1 nitrogen and oxygen atoms in total. The third kappa shape index (κ3) is 5.11. The van der Waals surface area contributed by atoms with Crippen molar-refractivity contribution in [2.24, 2.45) is 0 Å². The summed E-state index contributed by atoms with van der Waals surface area (Å²) in [4.78, 5) is 0.